The lowest BCUT2D eigenvalue weighted by atomic mass is 9.92. The van der Waals surface area contributed by atoms with Crippen molar-refractivity contribution >= 4 is 11.6 Å². The highest BCUT2D eigenvalue weighted by atomic mass is 16.1. The van der Waals surface area contributed by atoms with E-state index in [1.54, 1.807) is 6.33 Å². The Balaban J connectivity index is 2.15. The van der Waals surface area contributed by atoms with E-state index in [0.29, 0.717) is 6.42 Å². The fourth-order valence-corrected chi connectivity index (χ4v) is 2.08. The van der Waals surface area contributed by atoms with Crippen molar-refractivity contribution in [1.82, 2.24) is 9.97 Å². The van der Waals surface area contributed by atoms with E-state index in [0.717, 1.165) is 22.6 Å². The number of aromatic amines is 1. The molecule has 0 fully saturated rings. The molecule has 2 rings (SSSR count). The quantitative estimate of drug-likeness (QED) is 0.893. The van der Waals surface area contributed by atoms with Crippen molar-refractivity contribution in [1.29, 1.82) is 0 Å². The number of aryl methyl sites for hydroxylation is 1. The van der Waals surface area contributed by atoms with Crippen LogP contribution in [0.25, 0.3) is 11.3 Å². The lowest BCUT2D eigenvalue weighted by Crippen LogP contribution is -2.19. The van der Waals surface area contributed by atoms with Gasteiger partial charge in [-0.05, 0) is 24.5 Å². The van der Waals surface area contributed by atoms with Gasteiger partial charge in [-0.15, -0.1) is 0 Å². The van der Waals surface area contributed by atoms with Gasteiger partial charge in [0.1, 0.15) is 0 Å². The smallest absolute Gasteiger partial charge is 0.224 e. The van der Waals surface area contributed by atoms with E-state index in [2.05, 4.69) is 36.1 Å². The molecule has 1 aromatic heterocycles. The van der Waals surface area contributed by atoms with Crippen LogP contribution in [0.1, 0.15) is 32.9 Å². The number of carbonyl (C=O) groups excluding carboxylic acids is 1. The molecule has 0 radical (unpaired) electrons. The number of H-pyrrole nitrogens is 1. The molecule has 1 aromatic carbocycles. The molecule has 4 nitrogen and oxygen atoms in total. The number of nitrogens with zero attached hydrogens (tertiary/aromatic N) is 1. The number of nitrogens with one attached hydrogen (secondary N) is 2. The Hall–Kier alpha value is -2.10. The number of benzene rings is 1. The molecule has 0 saturated heterocycles. The zero-order chi connectivity index (χ0) is 14.8. The first-order valence-electron chi connectivity index (χ1n) is 6.75. The third-order valence-electron chi connectivity index (χ3n) is 2.94. The fourth-order valence-electron chi connectivity index (χ4n) is 2.08. The summed E-state index contributed by atoms with van der Waals surface area (Å²) < 4.78 is 0. The molecule has 0 unspecified atom stereocenters. The number of hydrogen-bond acceptors (Lipinski definition) is 2. The minimum absolute atomic E-state index is 0.0134. The maximum Gasteiger partial charge on any atom is 0.224 e. The Morgan fingerprint density at radius 1 is 1.35 bits per heavy atom. The van der Waals surface area contributed by atoms with Gasteiger partial charge in [0.2, 0.25) is 5.91 Å². The lowest BCUT2D eigenvalue weighted by molar-refractivity contribution is -0.117. The predicted octanol–water partition coefficient (Wildman–Crippen LogP) is 3.76. The number of amides is 1. The Kier molecular flexibility index (Phi) is 3.93. The molecular weight excluding hydrogens is 250 g/mol. The third-order valence-corrected chi connectivity index (χ3v) is 2.94. The van der Waals surface area contributed by atoms with Crippen molar-refractivity contribution in [3.8, 4) is 11.3 Å². The van der Waals surface area contributed by atoms with Crippen molar-refractivity contribution in [2.24, 2.45) is 5.41 Å². The molecule has 106 valence electrons. The monoisotopic (exact) mass is 271 g/mol. The highest BCUT2D eigenvalue weighted by Crippen LogP contribution is 2.24. The first kappa shape index (κ1) is 14.3. The molecular formula is C16H21N3O. The topological polar surface area (TPSA) is 57.8 Å². The van der Waals surface area contributed by atoms with Crippen molar-refractivity contribution in [3.63, 3.8) is 0 Å². The summed E-state index contributed by atoms with van der Waals surface area (Å²) >= 11 is 0. The molecule has 0 aliphatic carbocycles. The number of anilines is 1. The van der Waals surface area contributed by atoms with Crippen molar-refractivity contribution in [3.05, 3.63) is 36.3 Å². The molecule has 0 aliphatic heterocycles. The number of hydrogen-bond donors (Lipinski definition) is 2. The van der Waals surface area contributed by atoms with Crippen LogP contribution in [0.5, 0.6) is 0 Å². The van der Waals surface area contributed by atoms with Crippen LogP contribution in [0.2, 0.25) is 0 Å². The molecule has 20 heavy (non-hydrogen) atoms. The van der Waals surface area contributed by atoms with E-state index in [4.69, 9.17) is 0 Å². The SMILES string of the molecule is Cc1[nH]cnc1-c1cccc(NC(=O)CC(C)(C)C)c1. The Labute approximate surface area is 119 Å². The summed E-state index contributed by atoms with van der Waals surface area (Å²) in [5.41, 5.74) is 3.72. The Bertz CT molecular complexity index is 608. The Morgan fingerprint density at radius 3 is 2.70 bits per heavy atom. The van der Waals surface area contributed by atoms with Gasteiger partial charge in [0.05, 0.1) is 12.0 Å². The van der Waals surface area contributed by atoms with Crippen LogP contribution in [-0.4, -0.2) is 15.9 Å². The van der Waals surface area contributed by atoms with Gasteiger partial charge in [0, 0.05) is 23.4 Å². The highest BCUT2D eigenvalue weighted by molar-refractivity contribution is 5.91. The largest absolute Gasteiger partial charge is 0.348 e. The first-order valence-corrected chi connectivity index (χ1v) is 6.75. The van der Waals surface area contributed by atoms with Crippen LogP contribution in [0.15, 0.2) is 30.6 Å². The van der Waals surface area contributed by atoms with E-state index < -0.39 is 0 Å². The molecule has 0 spiro atoms. The second-order valence-electron chi connectivity index (χ2n) is 6.24. The molecule has 1 amide bonds. The van der Waals surface area contributed by atoms with Crippen LogP contribution in [0.3, 0.4) is 0 Å². The average Bonchev–Trinajstić information content (AvgIpc) is 2.73. The summed E-state index contributed by atoms with van der Waals surface area (Å²) in [6.45, 7) is 8.13. The summed E-state index contributed by atoms with van der Waals surface area (Å²) in [6.07, 6.45) is 2.17. The van der Waals surface area contributed by atoms with Gasteiger partial charge in [-0.1, -0.05) is 32.9 Å². The maximum absolute atomic E-state index is 12.0. The van der Waals surface area contributed by atoms with Crippen molar-refractivity contribution < 1.29 is 4.79 Å². The summed E-state index contributed by atoms with van der Waals surface area (Å²) in [7, 11) is 0. The molecule has 0 saturated carbocycles. The first-order chi connectivity index (χ1) is 9.35. The average molecular weight is 271 g/mol. The van der Waals surface area contributed by atoms with E-state index in [1.165, 1.54) is 0 Å². The van der Waals surface area contributed by atoms with Crippen LogP contribution in [0, 0.1) is 12.3 Å². The molecule has 0 atom stereocenters. The molecule has 1 heterocycles. The summed E-state index contributed by atoms with van der Waals surface area (Å²) in [5.74, 6) is 0.0356. The van der Waals surface area contributed by atoms with Crippen LogP contribution in [0.4, 0.5) is 5.69 Å². The van der Waals surface area contributed by atoms with Crippen LogP contribution >= 0.6 is 0 Å². The van der Waals surface area contributed by atoms with Crippen LogP contribution in [-0.2, 0) is 4.79 Å². The molecule has 2 aromatic rings. The van der Waals surface area contributed by atoms with E-state index in [1.807, 2.05) is 31.2 Å². The summed E-state index contributed by atoms with van der Waals surface area (Å²) in [5, 5.41) is 2.94. The second kappa shape index (κ2) is 5.49. The molecule has 0 aliphatic rings. The van der Waals surface area contributed by atoms with Gasteiger partial charge in [0.15, 0.2) is 0 Å². The third kappa shape index (κ3) is 3.70. The normalized spacial score (nSPS) is 11.4. The van der Waals surface area contributed by atoms with Gasteiger partial charge in [-0.25, -0.2) is 4.98 Å². The number of rotatable bonds is 3. The zero-order valence-corrected chi connectivity index (χ0v) is 12.4. The molecule has 4 heteroatoms. The standard InChI is InChI=1S/C16H21N3O/c1-11-15(18-10-17-11)12-6-5-7-13(8-12)19-14(20)9-16(2,3)4/h5-8,10H,9H2,1-4H3,(H,17,18)(H,19,20). The van der Waals surface area contributed by atoms with Gasteiger partial charge in [0.25, 0.3) is 0 Å². The fraction of sp³-hybridized carbons (Fsp3) is 0.375. The lowest BCUT2D eigenvalue weighted by Gasteiger charge is -2.17. The zero-order valence-electron chi connectivity index (χ0n) is 12.4. The van der Waals surface area contributed by atoms with Gasteiger partial charge < -0.3 is 10.3 Å². The minimum atomic E-state index is -0.0134. The summed E-state index contributed by atoms with van der Waals surface area (Å²) in [6, 6.07) is 7.76. The van der Waals surface area contributed by atoms with Crippen molar-refractivity contribution in [2.75, 3.05) is 5.32 Å². The minimum Gasteiger partial charge on any atom is -0.348 e. The van der Waals surface area contributed by atoms with Crippen LogP contribution < -0.4 is 5.32 Å². The Morgan fingerprint density at radius 2 is 2.10 bits per heavy atom. The van der Waals surface area contributed by atoms with Gasteiger partial charge in [-0.2, -0.15) is 0 Å². The number of imidazole rings is 1. The molecule has 2 N–H and O–H groups in total. The predicted molar refractivity (Wildman–Crippen MR) is 81.5 cm³/mol. The van der Waals surface area contributed by atoms with E-state index >= 15 is 0 Å². The van der Waals surface area contributed by atoms with E-state index in [-0.39, 0.29) is 11.3 Å². The number of aromatic nitrogens is 2. The molecule has 0 bridgehead atoms. The number of carbonyl (C=O) groups is 1. The highest BCUT2D eigenvalue weighted by Gasteiger charge is 2.16. The van der Waals surface area contributed by atoms with Gasteiger partial charge >= 0.3 is 0 Å². The maximum atomic E-state index is 12.0. The second-order valence-corrected chi connectivity index (χ2v) is 6.24. The van der Waals surface area contributed by atoms with E-state index in [9.17, 15) is 4.79 Å². The van der Waals surface area contributed by atoms with Gasteiger partial charge in [-0.3, -0.25) is 4.79 Å². The van der Waals surface area contributed by atoms with Crippen molar-refractivity contribution in [2.45, 2.75) is 34.1 Å². The summed E-state index contributed by atoms with van der Waals surface area (Å²) in [4.78, 5) is 19.3.